The predicted molar refractivity (Wildman–Crippen MR) is 54.6 cm³/mol. The van der Waals surface area contributed by atoms with Gasteiger partial charge in [0, 0.05) is 12.1 Å². The largest absolute Gasteiger partial charge is 0.485 e. The van der Waals surface area contributed by atoms with Crippen LogP contribution in [0.25, 0.3) is 0 Å². The van der Waals surface area contributed by atoms with E-state index in [-0.39, 0.29) is 24.6 Å². The van der Waals surface area contributed by atoms with E-state index in [0.29, 0.717) is 0 Å². The molecule has 0 spiro atoms. The molecule has 1 aromatic carbocycles. The SMILES string of the molecule is O=C(O)NCCOc1cc(F)ccc1[N+](=O)[O-]. The van der Waals surface area contributed by atoms with E-state index in [0.717, 1.165) is 18.2 Å². The number of halogens is 1. The van der Waals surface area contributed by atoms with Crippen LogP contribution in [0.15, 0.2) is 18.2 Å². The summed E-state index contributed by atoms with van der Waals surface area (Å²) in [5.41, 5.74) is -0.373. The second-order valence-electron chi connectivity index (χ2n) is 2.95. The predicted octanol–water partition coefficient (Wildman–Crippen LogP) is 1.38. The number of nitro groups is 1. The fraction of sp³-hybridized carbons (Fsp3) is 0.222. The minimum atomic E-state index is -1.23. The van der Waals surface area contributed by atoms with Gasteiger partial charge in [-0.05, 0) is 6.07 Å². The molecule has 0 atom stereocenters. The molecular weight excluding hydrogens is 235 g/mol. The number of nitrogens with zero attached hydrogens (tertiary/aromatic N) is 1. The van der Waals surface area contributed by atoms with E-state index in [1.54, 1.807) is 0 Å². The molecule has 0 aromatic heterocycles. The maximum atomic E-state index is 12.8. The lowest BCUT2D eigenvalue weighted by atomic mass is 10.3. The first-order chi connectivity index (χ1) is 8.00. The molecule has 1 amide bonds. The van der Waals surface area contributed by atoms with Gasteiger partial charge in [0.05, 0.1) is 11.5 Å². The molecule has 0 radical (unpaired) electrons. The maximum Gasteiger partial charge on any atom is 0.404 e. The zero-order valence-corrected chi connectivity index (χ0v) is 8.55. The molecule has 0 heterocycles. The summed E-state index contributed by atoms with van der Waals surface area (Å²) >= 11 is 0. The Morgan fingerprint density at radius 2 is 2.29 bits per heavy atom. The van der Waals surface area contributed by atoms with E-state index < -0.39 is 16.8 Å². The van der Waals surface area contributed by atoms with E-state index in [1.807, 2.05) is 5.32 Å². The van der Waals surface area contributed by atoms with Crippen LogP contribution in [0, 0.1) is 15.9 Å². The summed E-state index contributed by atoms with van der Waals surface area (Å²) in [7, 11) is 0. The van der Waals surface area contributed by atoms with Gasteiger partial charge in [0.1, 0.15) is 12.4 Å². The highest BCUT2D eigenvalue weighted by molar-refractivity contribution is 5.64. The molecule has 8 heteroatoms. The Morgan fingerprint density at radius 3 is 2.88 bits per heavy atom. The zero-order valence-electron chi connectivity index (χ0n) is 8.55. The van der Waals surface area contributed by atoms with Gasteiger partial charge >= 0.3 is 11.8 Å². The molecule has 0 fully saturated rings. The molecule has 0 aliphatic carbocycles. The lowest BCUT2D eigenvalue weighted by molar-refractivity contribution is -0.385. The Morgan fingerprint density at radius 1 is 1.59 bits per heavy atom. The summed E-state index contributed by atoms with van der Waals surface area (Å²) in [6.45, 7) is -0.181. The number of hydrogen-bond acceptors (Lipinski definition) is 4. The monoisotopic (exact) mass is 244 g/mol. The second kappa shape index (κ2) is 5.64. The highest BCUT2D eigenvalue weighted by Crippen LogP contribution is 2.27. The van der Waals surface area contributed by atoms with E-state index in [2.05, 4.69) is 0 Å². The quantitative estimate of drug-likeness (QED) is 0.462. The molecule has 92 valence electrons. The van der Waals surface area contributed by atoms with E-state index in [1.165, 1.54) is 0 Å². The smallest absolute Gasteiger partial charge is 0.404 e. The number of carbonyl (C=O) groups is 1. The van der Waals surface area contributed by atoms with Crippen molar-refractivity contribution in [1.82, 2.24) is 5.32 Å². The molecular formula is C9H9FN2O5. The van der Waals surface area contributed by atoms with Gasteiger partial charge in [-0.15, -0.1) is 0 Å². The van der Waals surface area contributed by atoms with E-state index in [9.17, 15) is 19.3 Å². The minimum Gasteiger partial charge on any atom is -0.485 e. The fourth-order valence-electron chi connectivity index (χ4n) is 1.07. The van der Waals surface area contributed by atoms with E-state index in [4.69, 9.17) is 9.84 Å². The van der Waals surface area contributed by atoms with Crippen molar-refractivity contribution >= 4 is 11.8 Å². The van der Waals surface area contributed by atoms with Gasteiger partial charge in [-0.2, -0.15) is 0 Å². The number of benzene rings is 1. The molecule has 0 aliphatic rings. The van der Waals surface area contributed by atoms with Crippen LogP contribution in [0.2, 0.25) is 0 Å². The Balaban J connectivity index is 2.65. The molecule has 2 N–H and O–H groups in total. The fourth-order valence-corrected chi connectivity index (χ4v) is 1.07. The lowest BCUT2D eigenvalue weighted by Gasteiger charge is -2.06. The topological polar surface area (TPSA) is 102 Å². The number of nitrogens with one attached hydrogen (secondary N) is 1. The minimum absolute atomic E-state index is 0.0526. The van der Waals surface area contributed by atoms with Crippen molar-refractivity contribution in [2.75, 3.05) is 13.2 Å². The van der Waals surface area contributed by atoms with Crippen molar-refractivity contribution in [3.05, 3.63) is 34.1 Å². The molecule has 7 nitrogen and oxygen atoms in total. The molecule has 0 aliphatic heterocycles. The van der Waals surface area contributed by atoms with Gasteiger partial charge in [-0.25, -0.2) is 9.18 Å². The number of carboxylic acid groups (broad SMARTS) is 1. The van der Waals surface area contributed by atoms with Crippen LogP contribution in [-0.4, -0.2) is 29.3 Å². The lowest BCUT2D eigenvalue weighted by Crippen LogP contribution is -2.26. The first kappa shape index (κ1) is 12.7. The number of amides is 1. The molecule has 1 rings (SSSR count). The summed E-state index contributed by atoms with van der Waals surface area (Å²) in [4.78, 5) is 20.0. The Labute approximate surface area is 95.0 Å². The van der Waals surface area contributed by atoms with Gasteiger partial charge in [-0.3, -0.25) is 10.1 Å². The maximum absolute atomic E-state index is 12.8. The van der Waals surface area contributed by atoms with Crippen molar-refractivity contribution in [2.24, 2.45) is 0 Å². The first-order valence-corrected chi connectivity index (χ1v) is 4.54. The first-order valence-electron chi connectivity index (χ1n) is 4.54. The summed E-state index contributed by atoms with van der Waals surface area (Å²) in [6.07, 6.45) is -1.23. The van der Waals surface area contributed by atoms with Crippen LogP contribution in [0.3, 0.4) is 0 Å². The summed E-state index contributed by atoms with van der Waals surface area (Å²) in [5.74, 6) is -0.904. The third-order valence-electron chi connectivity index (χ3n) is 1.75. The van der Waals surface area contributed by atoms with Crippen LogP contribution in [0.5, 0.6) is 5.75 Å². The third kappa shape index (κ3) is 3.93. The van der Waals surface area contributed by atoms with Crippen LogP contribution in [0.1, 0.15) is 0 Å². The highest BCUT2D eigenvalue weighted by atomic mass is 19.1. The van der Waals surface area contributed by atoms with Crippen molar-refractivity contribution in [2.45, 2.75) is 0 Å². The molecule has 0 saturated carbocycles. The number of nitro benzene ring substituents is 1. The Kier molecular flexibility index (Phi) is 4.21. The number of hydrogen-bond donors (Lipinski definition) is 2. The van der Waals surface area contributed by atoms with Crippen molar-refractivity contribution in [3.63, 3.8) is 0 Å². The highest BCUT2D eigenvalue weighted by Gasteiger charge is 2.15. The summed E-state index contributed by atoms with van der Waals surface area (Å²) in [5, 5.41) is 20.8. The normalized spacial score (nSPS) is 9.71. The van der Waals surface area contributed by atoms with Crippen molar-refractivity contribution in [3.8, 4) is 5.75 Å². The molecule has 0 unspecified atom stereocenters. The standard InChI is InChI=1S/C9H9FN2O5/c10-6-1-2-7(12(15)16)8(5-6)17-4-3-11-9(13)14/h1-2,5,11H,3-4H2,(H,13,14). The van der Waals surface area contributed by atoms with Crippen molar-refractivity contribution in [1.29, 1.82) is 0 Å². The van der Waals surface area contributed by atoms with Crippen LogP contribution in [0.4, 0.5) is 14.9 Å². The van der Waals surface area contributed by atoms with Gasteiger partial charge in [0.25, 0.3) is 0 Å². The number of ether oxygens (including phenoxy) is 1. The molecule has 0 saturated heterocycles. The van der Waals surface area contributed by atoms with Gasteiger partial charge in [0.15, 0.2) is 5.75 Å². The van der Waals surface area contributed by atoms with Crippen molar-refractivity contribution < 1.29 is 24.0 Å². The average molecular weight is 244 g/mol. The van der Waals surface area contributed by atoms with Crippen LogP contribution < -0.4 is 10.1 Å². The third-order valence-corrected chi connectivity index (χ3v) is 1.75. The van der Waals surface area contributed by atoms with Crippen LogP contribution >= 0.6 is 0 Å². The molecule has 17 heavy (non-hydrogen) atoms. The molecule has 0 bridgehead atoms. The van der Waals surface area contributed by atoms with E-state index >= 15 is 0 Å². The van der Waals surface area contributed by atoms with Gasteiger partial charge in [0.2, 0.25) is 0 Å². The second-order valence-corrected chi connectivity index (χ2v) is 2.95. The van der Waals surface area contributed by atoms with Gasteiger partial charge < -0.3 is 15.2 Å². The number of rotatable bonds is 5. The van der Waals surface area contributed by atoms with Gasteiger partial charge in [-0.1, -0.05) is 0 Å². The average Bonchev–Trinajstić information content (AvgIpc) is 2.23. The molecule has 1 aromatic rings. The summed E-state index contributed by atoms with van der Waals surface area (Å²) < 4.78 is 17.8. The zero-order chi connectivity index (χ0) is 12.8. The Hall–Kier alpha value is -2.38. The Bertz CT molecular complexity index is 437. The summed E-state index contributed by atoms with van der Waals surface area (Å²) in [6, 6.07) is 2.80. The van der Waals surface area contributed by atoms with Crippen LogP contribution in [-0.2, 0) is 0 Å².